The number of imide groups is 3. The minimum absolute atomic E-state index is 0. The van der Waals surface area contributed by atoms with Gasteiger partial charge in [-0.2, -0.15) is 0 Å². The quantitative estimate of drug-likeness (QED) is 0.479. The third-order valence-corrected chi connectivity index (χ3v) is 3.10. The van der Waals surface area contributed by atoms with Crippen molar-refractivity contribution in [2.45, 2.75) is 0 Å². The Morgan fingerprint density at radius 3 is 2.11 bits per heavy atom. The molecule has 1 heterocycles. The molecule has 2 rings (SSSR count). The number of nitrogens with one attached hydrogen (secondary N) is 1. The van der Waals surface area contributed by atoms with Crippen LogP contribution in [0.1, 0.15) is 20.7 Å². The smallest absolute Gasteiger partial charge is 0.268 e. The van der Waals surface area contributed by atoms with E-state index >= 15 is 0 Å². The number of rotatable bonds is 2. The maximum absolute atomic E-state index is 11.9. The van der Waals surface area contributed by atoms with Crippen LogP contribution in [-0.2, 0) is 4.79 Å². The predicted octanol–water partition coefficient (Wildman–Crippen LogP) is 0.858. The summed E-state index contributed by atoms with van der Waals surface area (Å²) in [5.41, 5.74) is 5.55. The standard InChI is InChI=1S/C11H9N3O3S.ClH/c12-11(13)18-5-8(15)14-9(16)6-3-1-2-4-7(6)10(14)17;/h1-4H,5H2,(H3,12,13);1H. The first-order valence-corrected chi connectivity index (χ1v) is 5.98. The zero-order chi connectivity index (χ0) is 13.3. The van der Waals surface area contributed by atoms with Crippen LogP contribution in [0, 0.1) is 5.41 Å². The molecule has 0 saturated heterocycles. The minimum atomic E-state index is -0.665. The van der Waals surface area contributed by atoms with Gasteiger partial charge < -0.3 is 5.73 Å². The monoisotopic (exact) mass is 299 g/mol. The molecule has 100 valence electrons. The number of carbonyl (C=O) groups excluding carboxylic acids is 3. The molecular weight excluding hydrogens is 290 g/mol. The lowest BCUT2D eigenvalue weighted by Crippen LogP contribution is -2.37. The Labute approximate surface area is 119 Å². The Morgan fingerprint density at radius 1 is 1.21 bits per heavy atom. The number of amides is 3. The highest BCUT2D eigenvalue weighted by molar-refractivity contribution is 8.14. The zero-order valence-corrected chi connectivity index (χ0v) is 11.2. The van der Waals surface area contributed by atoms with Crippen LogP contribution in [0.4, 0.5) is 0 Å². The van der Waals surface area contributed by atoms with Crippen molar-refractivity contribution < 1.29 is 14.4 Å². The molecule has 1 aromatic rings. The fourth-order valence-corrected chi connectivity index (χ4v) is 2.03. The van der Waals surface area contributed by atoms with Crippen molar-refractivity contribution >= 4 is 47.1 Å². The van der Waals surface area contributed by atoms with Crippen molar-refractivity contribution in [1.29, 1.82) is 5.41 Å². The number of thioether (sulfide) groups is 1. The van der Waals surface area contributed by atoms with Gasteiger partial charge in [-0.15, -0.1) is 12.4 Å². The van der Waals surface area contributed by atoms with Gasteiger partial charge in [-0.1, -0.05) is 23.9 Å². The van der Waals surface area contributed by atoms with Gasteiger partial charge in [0.05, 0.1) is 16.9 Å². The third kappa shape index (κ3) is 2.77. The lowest BCUT2D eigenvalue weighted by molar-refractivity contribution is -0.123. The lowest BCUT2D eigenvalue weighted by atomic mass is 10.1. The molecule has 0 aliphatic carbocycles. The van der Waals surface area contributed by atoms with Crippen LogP contribution in [0.25, 0.3) is 0 Å². The number of carbonyl (C=O) groups is 3. The van der Waals surface area contributed by atoms with Crippen LogP contribution in [0.3, 0.4) is 0 Å². The van der Waals surface area contributed by atoms with Gasteiger partial charge in [0, 0.05) is 0 Å². The van der Waals surface area contributed by atoms with E-state index in [0.29, 0.717) is 4.90 Å². The van der Waals surface area contributed by atoms with Crippen LogP contribution >= 0.6 is 24.2 Å². The number of amidine groups is 1. The number of halogens is 1. The average molecular weight is 300 g/mol. The normalized spacial score (nSPS) is 12.9. The van der Waals surface area contributed by atoms with E-state index in [1.165, 1.54) is 12.1 Å². The summed E-state index contributed by atoms with van der Waals surface area (Å²) in [6, 6.07) is 6.26. The molecule has 8 heteroatoms. The Morgan fingerprint density at radius 2 is 1.68 bits per heavy atom. The van der Waals surface area contributed by atoms with Gasteiger partial charge in [0.15, 0.2) is 5.17 Å². The fourth-order valence-electron chi connectivity index (χ4n) is 1.62. The highest BCUT2D eigenvalue weighted by atomic mass is 35.5. The van der Waals surface area contributed by atoms with Crippen molar-refractivity contribution in [3.8, 4) is 0 Å². The second-order valence-corrected chi connectivity index (χ2v) is 4.56. The summed E-state index contributed by atoms with van der Waals surface area (Å²) in [5, 5.41) is 6.75. The SMILES string of the molecule is Cl.N=C(N)SCC(=O)N1C(=O)c2ccccc2C1=O. The van der Waals surface area contributed by atoms with E-state index in [2.05, 4.69) is 0 Å². The average Bonchev–Trinajstić information content (AvgIpc) is 2.60. The summed E-state index contributed by atoms with van der Waals surface area (Å²) < 4.78 is 0. The van der Waals surface area contributed by atoms with E-state index in [9.17, 15) is 14.4 Å². The first-order chi connectivity index (χ1) is 8.52. The zero-order valence-electron chi connectivity index (χ0n) is 9.58. The van der Waals surface area contributed by atoms with Gasteiger partial charge in [-0.05, 0) is 12.1 Å². The van der Waals surface area contributed by atoms with E-state index in [1.54, 1.807) is 12.1 Å². The molecule has 0 saturated carbocycles. The van der Waals surface area contributed by atoms with Crippen molar-refractivity contribution in [3.05, 3.63) is 35.4 Å². The first-order valence-electron chi connectivity index (χ1n) is 5.00. The van der Waals surface area contributed by atoms with Gasteiger partial charge >= 0.3 is 0 Å². The predicted molar refractivity (Wildman–Crippen MR) is 73.6 cm³/mol. The molecule has 3 amide bonds. The summed E-state index contributed by atoms with van der Waals surface area (Å²) in [6.45, 7) is 0. The van der Waals surface area contributed by atoms with Gasteiger partial charge in [-0.25, -0.2) is 4.90 Å². The van der Waals surface area contributed by atoms with Crippen molar-refractivity contribution in [2.75, 3.05) is 5.75 Å². The highest BCUT2D eigenvalue weighted by Crippen LogP contribution is 2.23. The van der Waals surface area contributed by atoms with Crippen molar-refractivity contribution in [3.63, 3.8) is 0 Å². The molecule has 1 aromatic carbocycles. The van der Waals surface area contributed by atoms with E-state index < -0.39 is 17.7 Å². The number of hydrogen-bond acceptors (Lipinski definition) is 5. The molecule has 0 atom stereocenters. The molecule has 0 unspecified atom stereocenters. The number of benzene rings is 1. The third-order valence-electron chi connectivity index (χ3n) is 2.39. The Balaban J connectivity index is 0.00000180. The molecule has 0 aromatic heterocycles. The van der Waals surface area contributed by atoms with Crippen molar-refractivity contribution in [2.24, 2.45) is 5.73 Å². The minimum Gasteiger partial charge on any atom is -0.379 e. The van der Waals surface area contributed by atoms with Crippen LogP contribution in [0.5, 0.6) is 0 Å². The number of hydrogen-bond donors (Lipinski definition) is 2. The highest BCUT2D eigenvalue weighted by Gasteiger charge is 2.39. The van der Waals surface area contributed by atoms with Gasteiger partial charge in [-0.3, -0.25) is 19.8 Å². The van der Waals surface area contributed by atoms with E-state index in [-0.39, 0.29) is 34.5 Å². The van der Waals surface area contributed by atoms with Gasteiger partial charge in [0.25, 0.3) is 11.8 Å². The summed E-state index contributed by atoms with van der Waals surface area (Å²) in [4.78, 5) is 36.1. The summed E-state index contributed by atoms with van der Waals surface area (Å²) in [6.07, 6.45) is 0. The molecule has 0 spiro atoms. The molecule has 1 aliphatic rings. The second kappa shape index (κ2) is 5.85. The topological polar surface area (TPSA) is 104 Å². The van der Waals surface area contributed by atoms with Crippen LogP contribution in [-0.4, -0.2) is 33.5 Å². The Hall–Kier alpha value is -1.86. The summed E-state index contributed by atoms with van der Waals surface area (Å²) >= 11 is 0.774. The lowest BCUT2D eigenvalue weighted by Gasteiger charge is -2.10. The Bertz CT molecular complexity index is 541. The maximum Gasteiger partial charge on any atom is 0.268 e. The van der Waals surface area contributed by atoms with Gasteiger partial charge in [0.2, 0.25) is 5.91 Å². The Kier molecular flexibility index (Phi) is 4.68. The van der Waals surface area contributed by atoms with Crippen molar-refractivity contribution in [1.82, 2.24) is 4.90 Å². The largest absolute Gasteiger partial charge is 0.379 e. The second-order valence-electron chi connectivity index (χ2n) is 3.54. The number of fused-ring (bicyclic) bond motifs is 1. The molecule has 3 N–H and O–H groups in total. The van der Waals surface area contributed by atoms with E-state index in [0.717, 1.165) is 11.8 Å². The maximum atomic E-state index is 11.9. The van der Waals surface area contributed by atoms with E-state index in [4.69, 9.17) is 11.1 Å². The first kappa shape index (κ1) is 15.2. The number of nitrogens with two attached hydrogens (primary N) is 1. The fraction of sp³-hybridized carbons (Fsp3) is 0.0909. The molecule has 19 heavy (non-hydrogen) atoms. The van der Waals surface area contributed by atoms with Crippen LogP contribution < -0.4 is 5.73 Å². The molecule has 6 nitrogen and oxygen atoms in total. The summed E-state index contributed by atoms with van der Waals surface area (Å²) in [5.74, 6) is -2.11. The molecule has 1 aliphatic heterocycles. The molecule has 0 fully saturated rings. The summed E-state index contributed by atoms with van der Waals surface area (Å²) in [7, 11) is 0. The van der Waals surface area contributed by atoms with Crippen LogP contribution in [0.15, 0.2) is 24.3 Å². The van der Waals surface area contributed by atoms with E-state index in [1.807, 2.05) is 0 Å². The van der Waals surface area contributed by atoms with Gasteiger partial charge in [0.1, 0.15) is 0 Å². The number of nitrogens with zero attached hydrogens (tertiary/aromatic N) is 1. The van der Waals surface area contributed by atoms with Crippen LogP contribution in [0.2, 0.25) is 0 Å². The molecule has 0 radical (unpaired) electrons. The molecule has 0 bridgehead atoms. The molecular formula is C11H10ClN3O3S.